The molecule has 0 saturated heterocycles. The minimum atomic E-state index is -3.37. The predicted octanol–water partition coefficient (Wildman–Crippen LogP) is 4.31. The lowest BCUT2D eigenvalue weighted by Crippen LogP contribution is -2.28. The summed E-state index contributed by atoms with van der Waals surface area (Å²) in [6.07, 6.45) is 2.89. The van der Waals surface area contributed by atoms with E-state index in [0.717, 1.165) is 25.9 Å². The van der Waals surface area contributed by atoms with Crippen molar-refractivity contribution in [1.82, 2.24) is 4.90 Å². The van der Waals surface area contributed by atoms with Crippen molar-refractivity contribution in [3.63, 3.8) is 0 Å². The molecule has 1 aliphatic carbocycles. The van der Waals surface area contributed by atoms with Gasteiger partial charge < -0.3 is 0 Å². The lowest BCUT2D eigenvalue weighted by molar-refractivity contribution is 0.255. The second-order valence-electron chi connectivity index (χ2n) is 6.45. The van der Waals surface area contributed by atoms with Crippen molar-refractivity contribution >= 4 is 21.4 Å². The fourth-order valence-electron chi connectivity index (χ4n) is 2.87. The van der Waals surface area contributed by atoms with Crippen LogP contribution < -0.4 is 0 Å². The minimum absolute atomic E-state index is 0.0719. The first-order chi connectivity index (χ1) is 11.9. The highest BCUT2D eigenvalue weighted by atomic mass is 35.5. The van der Waals surface area contributed by atoms with Crippen molar-refractivity contribution in [3.8, 4) is 0 Å². The largest absolute Gasteiger partial charge is 0.296 e. The molecule has 0 heterocycles. The van der Waals surface area contributed by atoms with Crippen molar-refractivity contribution in [3.05, 3.63) is 64.9 Å². The van der Waals surface area contributed by atoms with Crippen LogP contribution in [0.4, 0.5) is 4.39 Å². The summed E-state index contributed by atoms with van der Waals surface area (Å²) in [5.74, 6) is -0.357. The third kappa shape index (κ3) is 5.27. The Kier molecular flexibility index (Phi) is 5.77. The van der Waals surface area contributed by atoms with Gasteiger partial charge in [-0.3, -0.25) is 4.90 Å². The molecule has 0 spiro atoms. The summed E-state index contributed by atoms with van der Waals surface area (Å²) in [6.45, 7) is 1.53. The smallest absolute Gasteiger partial charge is 0.178 e. The summed E-state index contributed by atoms with van der Waals surface area (Å²) < 4.78 is 37.7. The van der Waals surface area contributed by atoms with Gasteiger partial charge in [0.1, 0.15) is 5.82 Å². The normalized spacial score (nSPS) is 14.8. The molecule has 0 bridgehead atoms. The van der Waals surface area contributed by atoms with Gasteiger partial charge in [0.2, 0.25) is 0 Å². The number of hydrogen-bond acceptors (Lipinski definition) is 3. The molecule has 0 aliphatic heterocycles. The third-order valence-electron chi connectivity index (χ3n) is 4.39. The average Bonchev–Trinajstić information content (AvgIpc) is 3.41. The zero-order valence-electron chi connectivity index (χ0n) is 13.9. The van der Waals surface area contributed by atoms with E-state index in [4.69, 9.17) is 11.6 Å². The Bertz CT molecular complexity index is 802. The topological polar surface area (TPSA) is 37.4 Å². The number of benzene rings is 2. The highest BCUT2D eigenvalue weighted by Gasteiger charge is 2.29. The molecule has 0 radical (unpaired) electrons. The maximum absolute atomic E-state index is 13.0. The average molecular weight is 382 g/mol. The Morgan fingerprint density at radius 1 is 1.04 bits per heavy atom. The van der Waals surface area contributed by atoms with Crippen molar-refractivity contribution in [2.45, 2.75) is 36.7 Å². The highest BCUT2D eigenvalue weighted by Crippen LogP contribution is 2.29. The number of rotatable bonds is 8. The molecule has 0 atom stereocenters. The van der Waals surface area contributed by atoms with Crippen LogP contribution in [0.5, 0.6) is 0 Å². The number of hydrogen-bond donors (Lipinski definition) is 0. The van der Waals surface area contributed by atoms with Crippen LogP contribution in [0, 0.1) is 5.82 Å². The van der Waals surface area contributed by atoms with Crippen LogP contribution in [0.15, 0.2) is 53.4 Å². The molecular formula is C19H21ClFNO2S. The van der Waals surface area contributed by atoms with E-state index in [2.05, 4.69) is 4.90 Å². The van der Waals surface area contributed by atoms with Gasteiger partial charge in [-0.25, -0.2) is 12.8 Å². The molecule has 1 aliphatic rings. The Hall–Kier alpha value is -1.43. The van der Waals surface area contributed by atoms with Crippen molar-refractivity contribution in [1.29, 1.82) is 0 Å². The fourth-order valence-corrected chi connectivity index (χ4v) is 4.29. The van der Waals surface area contributed by atoms with Gasteiger partial charge in [0.05, 0.1) is 10.6 Å². The second-order valence-corrected chi connectivity index (χ2v) is 9.00. The molecule has 0 unspecified atom stereocenters. The van der Waals surface area contributed by atoms with E-state index in [1.807, 2.05) is 24.3 Å². The number of sulfone groups is 1. The number of nitrogens with zero attached hydrogens (tertiary/aromatic N) is 1. The molecule has 2 aromatic rings. The molecule has 3 rings (SSSR count). The molecule has 6 heteroatoms. The fraction of sp³-hybridized carbons (Fsp3) is 0.368. The maximum Gasteiger partial charge on any atom is 0.178 e. The van der Waals surface area contributed by atoms with Crippen LogP contribution >= 0.6 is 11.6 Å². The van der Waals surface area contributed by atoms with Crippen LogP contribution in [0.3, 0.4) is 0 Å². The van der Waals surface area contributed by atoms with Gasteiger partial charge in [-0.2, -0.15) is 0 Å². The Morgan fingerprint density at radius 2 is 1.68 bits per heavy atom. The molecule has 2 aromatic carbocycles. The maximum atomic E-state index is 13.0. The van der Waals surface area contributed by atoms with Crippen LogP contribution in [0.25, 0.3) is 0 Å². The van der Waals surface area contributed by atoms with E-state index in [1.54, 1.807) is 0 Å². The molecule has 25 heavy (non-hydrogen) atoms. The molecule has 0 N–H and O–H groups in total. The van der Waals surface area contributed by atoms with Crippen molar-refractivity contribution < 1.29 is 12.8 Å². The van der Waals surface area contributed by atoms with Crippen LogP contribution in [0.1, 0.15) is 24.8 Å². The summed E-state index contributed by atoms with van der Waals surface area (Å²) in [7, 11) is -3.37. The molecule has 3 nitrogen and oxygen atoms in total. The van der Waals surface area contributed by atoms with E-state index in [9.17, 15) is 12.8 Å². The number of halogens is 2. The summed E-state index contributed by atoms with van der Waals surface area (Å²) in [6, 6.07) is 13.3. The van der Waals surface area contributed by atoms with Crippen LogP contribution in [0.2, 0.25) is 5.02 Å². The van der Waals surface area contributed by atoms with Gasteiger partial charge in [0, 0.05) is 17.6 Å². The minimum Gasteiger partial charge on any atom is -0.296 e. The van der Waals surface area contributed by atoms with Gasteiger partial charge in [-0.1, -0.05) is 23.7 Å². The van der Waals surface area contributed by atoms with Gasteiger partial charge in [0.25, 0.3) is 0 Å². The third-order valence-corrected chi connectivity index (χ3v) is 6.46. The van der Waals surface area contributed by atoms with E-state index in [0.29, 0.717) is 17.5 Å². The lowest BCUT2D eigenvalue weighted by atomic mass is 10.2. The second kappa shape index (κ2) is 7.85. The van der Waals surface area contributed by atoms with E-state index in [-0.39, 0.29) is 10.6 Å². The van der Waals surface area contributed by atoms with Crippen LogP contribution in [-0.2, 0) is 16.4 Å². The van der Waals surface area contributed by atoms with Gasteiger partial charge in [-0.05, 0) is 67.8 Å². The van der Waals surface area contributed by atoms with Gasteiger partial charge in [-0.15, -0.1) is 0 Å². The monoisotopic (exact) mass is 381 g/mol. The lowest BCUT2D eigenvalue weighted by Gasteiger charge is -2.22. The summed E-state index contributed by atoms with van der Waals surface area (Å²) in [5.41, 5.74) is 1.18. The van der Waals surface area contributed by atoms with Crippen molar-refractivity contribution in [2.24, 2.45) is 0 Å². The van der Waals surface area contributed by atoms with E-state index >= 15 is 0 Å². The Morgan fingerprint density at radius 3 is 2.28 bits per heavy atom. The standard InChI is InChI=1S/C19H21ClFNO2S/c20-16-4-2-15(3-5-16)14-22(18-8-9-18)12-1-13-25(23,24)19-10-6-17(21)7-11-19/h2-7,10-11,18H,1,8-9,12-14H2. The molecule has 134 valence electrons. The highest BCUT2D eigenvalue weighted by molar-refractivity contribution is 7.91. The first-order valence-corrected chi connectivity index (χ1v) is 10.4. The van der Waals surface area contributed by atoms with Crippen LogP contribution in [-0.4, -0.2) is 31.7 Å². The molecule has 1 fully saturated rings. The van der Waals surface area contributed by atoms with Gasteiger partial charge >= 0.3 is 0 Å². The van der Waals surface area contributed by atoms with Crippen molar-refractivity contribution in [2.75, 3.05) is 12.3 Å². The Labute approximate surface area is 153 Å². The Balaban J connectivity index is 1.56. The SMILES string of the molecule is O=S(=O)(CCCN(Cc1ccc(Cl)cc1)C1CC1)c1ccc(F)cc1. The molecule has 1 saturated carbocycles. The zero-order valence-corrected chi connectivity index (χ0v) is 15.4. The molecular weight excluding hydrogens is 361 g/mol. The summed E-state index contributed by atoms with van der Waals surface area (Å²) in [4.78, 5) is 2.52. The zero-order chi connectivity index (χ0) is 17.9. The van der Waals surface area contributed by atoms with Gasteiger partial charge in [0.15, 0.2) is 9.84 Å². The first kappa shape index (κ1) is 18.4. The molecule has 0 aromatic heterocycles. The summed E-state index contributed by atoms with van der Waals surface area (Å²) >= 11 is 5.92. The summed E-state index contributed by atoms with van der Waals surface area (Å²) in [5, 5.41) is 0.715. The van der Waals surface area contributed by atoms with E-state index in [1.165, 1.54) is 29.8 Å². The predicted molar refractivity (Wildman–Crippen MR) is 98.0 cm³/mol. The first-order valence-electron chi connectivity index (χ1n) is 8.41. The quantitative estimate of drug-likeness (QED) is 0.639. The van der Waals surface area contributed by atoms with E-state index < -0.39 is 15.7 Å². The molecule has 0 amide bonds.